The molecule has 0 aliphatic carbocycles. The van der Waals surface area contributed by atoms with Gasteiger partial charge in [0.2, 0.25) is 12.3 Å². The van der Waals surface area contributed by atoms with Crippen LogP contribution in [0.5, 0.6) is 0 Å². The van der Waals surface area contributed by atoms with Gasteiger partial charge in [-0.2, -0.15) is 16.7 Å². The SMILES string of the molecule is O=C(NCCc1ncon1)C1CSCCN1. The minimum atomic E-state index is -0.0657. The van der Waals surface area contributed by atoms with Gasteiger partial charge in [0.1, 0.15) is 0 Å². The molecule has 2 N–H and O–H groups in total. The summed E-state index contributed by atoms with van der Waals surface area (Å²) in [5, 5.41) is 9.70. The van der Waals surface area contributed by atoms with Crippen LogP contribution in [-0.2, 0) is 11.2 Å². The maximum absolute atomic E-state index is 11.7. The summed E-state index contributed by atoms with van der Waals surface area (Å²) < 4.78 is 4.60. The average Bonchev–Trinajstić information content (AvgIpc) is 2.83. The Balaban J connectivity index is 1.67. The highest BCUT2D eigenvalue weighted by atomic mass is 32.2. The lowest BCUT2D eigenvalue weighted by Crippen LogP contribution is -2.49. The van der Waals surface area contributed by atoms with Gasteiger partial charge in [0.05, 0.1) is 6.04 Å². The molecule has 2 heterocycles. The summed E-state index contributed by atoms with van der Waals surface area (Å²) in [6.45, 7) is 1.44. The summed E-state index contributed by atoms with van der Waals surface area (Å²) in [6.07, 6.45) is 1.89. The van der Waals surface area contributed by atoms with E-state index in [1.54, 1.807) is 11.8 Å². The van der Waals surface area contributed by atoms with Gasteiger partial charge in [0, 0.05) is 31.0 Å². The Morgan fingerprint density at radius 2 is 2.69 bits per heavy atom. The molecule has 0 spiro atoms. The van der Waals surface area contributed by atoms with Crippen molar-refractivity contribution in [2.45, 2.75) is 12.5 Å². The average molecular weight is 242 g/mol. The molecule has 1 amide bonds. The molecule has 16 heavy (non-hydrogen) atoms. The summed E-state index contributed by atoms with van der Waals surface area (Å²) in [4.78, 5) is 15.6. The standard InChI is InChI=1S/C9H14N4O2S/c14-9(7-5-16-4-3-10-7)11-2-1-8-12-6-15-13-8/h6-7,10H,1-5H2,(H,11,14). The zero-order valence-corrected chi connectivity index (χ0v) is 9.63. The second-order valence-corrected chi connectivity index (χ2v) is 4.62. The van der Waals surface area contributed by atoms with Gasteiger partial charge in [-0.25, -0.2) is 0 Å². The van der Waals surface area contributed by atoms with Crippen molar-refractivity contribution in [2.75, 3.05) is 24.6 Å². The first kappa shape index (κ1) is 11.4. The smallest absolute Gasteiger partial charge is 0.238 e. The summed E-state index contributed by atoms with van der Waals surface area (Å²) >= 11 is 1.80. The molecule has 0 saturated carbocycles. The van der Waals surface area contributed by atoms with Crippen molar-refractivity contribution in [3.05, 3.63) is 12.2 Å². The van der Waals surface area contributed by atoms with Crippen LogP contribution in [0.1, 0.15) is 5.82 Å². The van der Waals surface area contributed by atoms with E-state index in [-0.39, 0.29) is 11.9 Å². The zero-order chi connectivity index (χ0) is 11.2. The van der Waals surface area contributed by atoms with E-state index in [4.69, 9.17) is 0 Å². The molecular weight excluding hydrogens is 228 g/mol. The molecule has 6 nitrogen and oxygen atoms in total. The van der Waals surface area contributed by atoms with Crippen molar-refractivity contribution >= 4 is 17.7 Å². The fourth-order valence-electron chi connectivity index (χ4n) is 1.46. The van der Waals surface area contributed by atoms with Crippen LogP contribution in [-0.4, -0.2) is 46.7 Å². The molecule has 7 heteroatoms. The van der Waals surface area contributed by atoms with E-state index in [9.17, 15) is 4.79 Å². The lowest BCUT2D eigenvalue weighted by Gasteiger charge is -2.21. The molecule has 1 saturated heterocycles. The summed E-state index contributed by atoms with van der Waals surface area (Å²) in [7, 11) is 0. The third-order valence-corrected chi connectivity index (χ3v) is 3.35. The van der Waals surface area contributed by atoms with Crippen molar-refractivity contribution in [2.24, 2.45) is 0 Å². The topological polar surface area (TPSA) is 80.1 Å². The number of amides is 1. The molecule has 0 aromatic carbocycles. The van der Waals surface area contributed by atoms with E-state index in [0.29, 0.717) is 18.8 Å². The second-order valence-electron chi connectivity index (χ2n) is 3.47. The van der Waals surface area contributed by atoms with Gasteiger partial charge in [-0.1, -0.05) is 5.16 Å². The number of nitrogens with one attached hydrogen (secondary N) is 2. The van der Waals surface area contributed by atoms with Crippen molar-refractivity contribution < 1.29 is 9.32 Å². The minimum Gasteiger partial charge on any atom is -0.354 e. The van der Waals surface area contributed by atoms with E-state index in [0.717, 1.165) is 18.1 Å². The number of hydrogen-bond acceptors (Lipinski definition) is 6. The van der Waals surface area contributed by atoms with Gasteiger partial charge < -0.3 is 15.2 Å². The molecule has 1 aromatic heterocycles. The molecule has 2 rings (SSSR count). The number of thioether (sulfide) groups is 1. The van der Waals surface area contributed by atoms with Crippen molar-refractivity contribution in [1.29, 1.82) is 0 Å². The molecule has 1 unspecified atom stereocenters. The van der Waals surface area contributed by atoms with Crippen molar-refractivity contribution in [3.8, 4) is 0 Å². The van der Waals surface area contributed by atoms with Gasteiger partial charge in [0.15, 0.2) is 5.82 Å². The van der Waals surface area contributed by atoms with Crippen LogP contribution >= 0.6 is 11.8 Å². The maximum atomic E-state index is 11.7. The number of hydrogen-bond donors (Lipinski definition) is 2. The van der Waals surface area contributed by atoms with Crippen LogP contribution in [0.15, 0.2) is 10.9 Å². The van der Waals surface area contributed by atoms with E-state index in [2.05, 4.69) is 25.3 Å². The minimum absolute atomic E-state index is 0.0516. The monoisotopic (exact) mass is 242 g/mol. The van der Waals surface area contributed by atoms with Gasteiger partial charge >= 0.3 is 0 Å². The van der Waals surface area contributed by atoms with Gasteiger partial charge in [-0.05, 0) is 0 Å². The number of carbonyl (C=O) groups excluding carboxylic acids is 1. The molecule has 0 bridgehead atoms. The number of rotatable bonds is 4. The van der Waals surface area contributed by atoms with Crippen LogP contribution < -0.4 is 10.6 Å². The molecule has 0 radical (unpaired) electrons. The predicted molar refractivity (Wildman–Crippen MR) is 60.1 cm³/mol. The Morgan fingerprint density at radius 3 is 3.38 bits per heavy atom. The number of carbonyl (C=O) groups is 1. The normalized spacial score (nSPS) is 20.6. The van der Waals surface area contributed by atoms with E-state index >= 15 is 0 Å². The molecule has 1 aliphatic heterocycles. The van der Waals surface area contributed by atoms with Crippen LogP contribution in [0.2, 0.25) is 0 Å². The van der Waals surface area contributed by atoms with E-state index in [1.165, 1.54) is 6.39 Å². The van der Waals surface area contributed by atoms with Crippen LogP contribution in [0, 0.1) is 0 Å². The Labute approximate surface area is 97.5 Å². The highest BCUT2D eigenvalue weighted by Gasteiger charge is 2.20. The Kier molecular flexibility index (Phi) is 4.17. The lowest BCUT2D eigenvalue weighted by atomic mass is 10.3. The van der Waals surface area contributed by atoms with Crippen LogP contribution in [0.4, 0.5) is 0 Å². The molecule has 1 aliphatic rings. The lowest BCUT2D eigenvalue weighted by molar-refractivity contribution is -0.122. The first-order valence-electron chi connectivity index (χ1n) is 5.20. The number of nitrogens with zero attached hydrogens (tertiary/aromatic N) is 2. The Bertz CT molecular complexity index is 324. The Hall–Kier alpha value is -1.08. The first-order valence-corrected chi connectivity index (χ1v) is 6.36. The third-order valence-electron chi connectivity index (χ3n) is 2.29. The molecular formula is C9H14N4O2S. The molecule has 1 atom stereocenters. The fourth-order valence-corrected chi connectivity index (χ4v) is 2.39. The van der Waals surface area contributed by atoms with E-state index < -0.39 is 0 Å². The molecule has 88 valence electrons. The fraction of sp³-hybridized carbons (Fsp3) is 0.667. The molecule has 1 fully saturated rings. The summed E-state index contributed by atoms with van der Waals surface area (Å²) in [5.41, 5.74) is 0. The van der Waals surface area contributed by atoms with Crippen LogP contribution in [0.25, 0.3) is 0 Å². The quantitative estimate of drug-likeness (QED) is 0.736. The highest BCUT2D eigenvalue weighted by Crippen LogP contribution is 2.07. The second kappa shape index (κ2) is 5.86. The predicted octanol–water partition coefficient (Wildman–Crippen LogP) is -0.567. The van der Waals surface area contributed by atoms with E-state index in [1.807, 2.05) is 0 Å². The summed E-state index contributed by atoms with van der Waals surface area (Å²) in [6, 6.07) is -0.0657. The van der Waals surface area contributed by atoms with Crippen molar-refractivity contribution in [1.82, 2.24) is 20.8 Å². The highest BCUT2D eigenvalue weighted by molar-refractivity contribution is 7.99. The van der Waals surface area contributed by atoms with Gasteiger partial charge in [-0.15, -0.1) is 0 Å². The zero-order valence-electron chi connectivity index (χ0n) is 8.81. The largest absolute Gasteiger partial charge is 0.354 e. The number of aromatic nitrogens is 2. The molecule has 1 aromatic rings. The maximum Gasteiger partial charge on any atom is 0.238 e. The van der Waals surface area contributed by atoms with Crippen molar-refractivity contribution in [3.63, 3.8) is 0 Å². The van der Waals surface area contributed by atoms with Gasteiger partial charge in [0.25, 0.3) is 0 Å². The van der Waals surface area contributed by atoms with Gasteiger partial charge in [-0.3, -0.25) is 4.79 Å². The van der Waals surface area contributed by atoms with Crippen LogP contribution in [0.3, 0.4) is 0 Å². The first-order chi connectivity index (χ1) is 7.86. The Morgan fingerprint density at radius 1 is 1.75 bits per heavy atom. The third kappa shape index (κ3) is 3.21. The summed E-state index contributed by atoms with van der Waals surface area (Å²) in [5.74, 6) is 2.59.